The van der Waals surface area contributed by atoms with Gasteiger partial charge in [-0.05, 0) is 31.2 Å². The van der Waals surface area contributed by atoms with Crippen molar-refractivity contribution in [2.75, 3.05) is 0 Å². The number of aryl methyl sites for hydroxylation is 1. The van der Waals surface area contributed by atoms with Crippen molar-refractivity contribution in [3.63, 3.8) is 0 Å². The Labute approximate surface area is 101 Å². The van der Waals surface area contributed by atoms with Gasteiger partial charge in [-0.25, -0.2) is 0 Å². The van der Waals surface area contributed by atoms with Crippen LogP contribution in [0.1, 0.15) is 25.0 Å². The summed E-state index contributed by atoms with van der Waals surface area (Å²) >= 11 is 0. The van der Waals surface area contributed by atoms with Gasteiger partial charge in [-0.15, -0.1) is 0 Å². The lowest BCUT2D eigenvalue weighted by molar-refractivity contribution is 0.132. The lowest BCUT2D eigenvalue weighted by Crippen LogP contribution is -2.15. The maximum atomic E-state index is 9.89. The van der Waals surface area contributed by atoms with Crippen molar-refractivity contribution in [1.82, 2.24) is 9.78 Å². The SMILES string of the molecule is Cn1nc(CC2CCCC2O)c2ccccc21. The summed E-state index contributed by atoms with van der Waals surface area (Å²) in [6, 6.07) is 8.31. The van der Waals surface area contributed by atoms with E-state index in [4.69, 9.17) is 0 Å². The van der Waals surface area contributed by atoms with Crippen LogP contribution in [0.5, 0.6) is 0 Å². The third kappa shape index (κ3) is 1.84. The molecule has 1 aromatic carbocycles. The van der Waals surface area contributed by atoms with Gasteiger partial charge in [-0.3, -0.25) is 4.68 Å². The monoisotopic (exact) mass is 230 g/mol. The lowest BCUT2D eigenvalue weighted by Gasteiger charge is -2.12. The zero-order valence-corrected chi connectivity index (χ0v) is 10.1. The number of hydrogen-bond donors (Lipinski definition) is 1. The van der Waals surface area contributed by atoms with Crippen molar-refractivity contribution in [2.45, 2.75) is 31.8 Å². The molecule has 17 heavy (non-hydrogen) atoms. The summed E-state index contributed by atoms with van der Waals surface area (Å²) in [5.74, 6) is 0.397. The molecule has 0 spiro atoms. The van der Waals surface area contributed by atoms with Gasteiger partial charge in [-0.2, -0.15) is 5.10 Å². The summed E-state index contributed by atoms with van der Waals surface area (Å²) in [4.78, 5) is 0. The van der Waals surface area contributed by atoms with Crippen molar-refractivity contribution in [1.29, 1.82) is 0 Å². The van der Waals surface area contributed by atoms with Crippen LogP contribution < -0.4 is 0 Å². The molecule has 0 radical (unpaired) electrons. The maximum absolute atomic E-state index is 9.89. The smallest absolute Gasteiger partial charge is 0.0707 e. The van der Waals surface area contributed by atoms with Crippen LogP contribution in [0.2, 0.25) is 0 Å². The molecule has 0 saturated heterocycles. The first-order chi connectivity index (χ1) is 8.25. The molecular weight excluding hydrogens is 212 g/mol. The van der Waals surface area contributed by atoms with E-state index in [0.717, 1.165) is 31.4 Å². The van der Waals surface area contributed by atoms with Crippen molar-refractivity contribution < 1.29 is 5.11 Å². The average Bonchev–Trinajstić information content (AvgIpc) is 2.87. The average molecular weight is 230 g/mol. The molecule has 1 aliphatic rings. The Morgan fingerprint density at radius 2 is 2.18 bits per heavy atom. The number of aliphatic hydroxyl groups excluding tert-OH is 1. The number of rotatable bonds is 2. The normalized spacial score (nSPS) is 24.6. The molecule has 1 aromatic heterocycles. The van der Waals surface area contributed by atoms with Gasteiger partial charge >= 0.3 is 0 Å². The van der Waals surface area contributed by atoms with E-state index >= 15 is 0 Å². The van der Waals surface area contributed by atoms with Gasteiger partial charge in [0.25, 0.3) is 0 Å². The first kappa shape index (κ1) is 10.8. The number of nitrogens with zero attached hydrogens (tertiary/aromatic N) is 2. The molecule has 1 aliphatic carbocycles. The second-order valence-electron chi connectivity index (χ2n) is 5.05. The highest BCUT2D eigenvalue weighted by atomic mass is 16.3. The molecule has 3 rings (SSSR count). The molecule has 1 fully saturated rings. The van der Waals surface area contributed by atoms with Gasteiger partial charge in [0, 0.05) is 12.4 Å². The van der Waals surface area contributed by atoms with E-state index in [0.29, 0.717) is 5.92 Å². The van der Waals surface area contributed by atoms with Gasteiger partial charge in [0.05, 0.1) is 17.3 Å². The molecule has 90 valence electrons. The molecule has 0 bridgehead atoms. The van der Waals surface area contributed by atoms with Gasteiger partial charge in [0.15, 0.2) is 0 Å². The van der Waals surface area contributed by atoms with Crippen molar-refractivity contribution in [3.8, 4) is 0 Å². The van der Waals surface area contributed by atoms with E-state index in [-0.39, 0.29) is 6.10 Å². The fraction of sp³-hybridized carbons (Fsp3) is 0.500. The largest absolute Gasteiger partial charge is 0.393 e. The fourth-order valence-electron chi connectivity index (χ4n) is 2.94. The minimum atomic E-state index is -0.129. The van der Waals surface area contributed by atoms with Crippen LogP contribution in [-0.4, -0.2) is 21.0 Å². The second kappa shape index (κ2) is 4.15. The zero-order valence-electron chi connectivity index (χ0n) is 10.1. The van der Waals surface area contributed by atoms with Crippen LogP contribution in [0.3, 0.4) is 0 Å². The minimum Gasteiger partial charge on any atom is -0.393 e. The van der Waals surface area contributed by atoms with Gasteiger partial charge in [0.2, 0.25) is 0 Å². The Morgan fingerprint density at radius 3 is 2.94 bits per heavy atom. The second-order valence-corrected chi connectivity index (χ2v) is 5.05. The van der Waals surface area contributed by atoms with E-state index < -0.39 is 0 Å². The van der Waals surface area contributed by atoms with Gasteiger partial charge in [-0.1, -0.05) is 24.6 Å². The number of hydrogen-bond acceptors (Lipinski definition) is 2. The van der Waals surface area contributed by atoms with Crippen molar-refractivity contribution >= 4 is 10.9 Å². The molecule has 2 unspecified atom stereocenters. The third-order valence-electron chi connectivity index (χ3n) is 3.91. The number of benzene rings is 1. The van der Waals surface area contributed by atoms with E-state index in [9.17, 15) is 5.11 Å². The highest BCUT2D eigenvalue weighted by Crippen LogP contribution is 2.30. The third-order valence-corrected chi connectivity index (χ3v) is 3.91. The summed E-state index contributed by atoms with van der Waals surface area (Å²) in [7, 11) is 1.98. The topological polar surface area (TPSA) is 38.0 Å². The Bertz CT molecular complexity index is 532. The molecule has 2 aromatic rings. The van der Waals surface area contributed by atoms with E-state index in [1.165, 1.54) is 10.9 Å². The molecular formula is C14H18N2O. The predicted molar refractivity (Wildman–Crippen MR) is 67.8 cm³/mol. The molecule has 1 saturated carbocycles. The summed E-state index contributed by atoms with van der Waals surface area (Å²) in [5, 5.41) is 15.7. The first-order valence-corrected chi connectivity index (χ1v) is 6.34. The van der Waals surface area contributed by atoms with E-state index in [2.05, 4.69) is 23.3 Å². The lowest BCUT2D eigenvalue weighted by atomic mass is 9.98. The standard InChI is InChI=1S/C14H18N2O/c1-16-13-7-3-2-6-11(13)12(15-16)9-10-5-4-8-14(10)17/h2-3,6-7,10,14,17H,4-5,8-9H2,1H3. The predicted octanol–water partition coefficient (Wildman–Crippen LogP) is 2.28. The molecule has 0 amide bonds. The van der Waals surface area contributed by atoms with Crippen LogP contribution in [0.15, 0.2) is 24.3 Å². The van der Waals surface area contributed by atoms with Crippen molar-refractivity contribution in [3.05, 3.63) is 30.0 Å². The molecule has 1 heterocycles. The summed E-state index contributed by atoms with van der Waals surface area (Å²) in [5.41, 5.74) is 2.31. The highest BCUT2D eigenvalue weighted by Gasteiger charge is 2.26. The summed E-state index contributed by atoms with van der Waals surface area (Å²) in [6.45, 7) is 0. The Balaban J connectivity index is 1.95. The number of aromatic nitrogens is 2. The minimum absolute atomic E-state index is 0.129. The number of para-hydroxylation sites is 1. The number of aliphatic hydroxyl groups is 1. The van der Waals surface area contributed by atoms with E-state index in [1.807, 2.05) is 17.8 Å². The van der Waals surface area contributed by atoms with Crippen molar-refractivity contribution in [2.24, 2.45) is 13.0 Å². The highest BCUT2D eigenvalue weighted by molar-refractivity contribution is 5.81. The zero-order chi connectivity index (χ0) is 11.8. The van der Waals surface area contributed by atoms with E-state index in [1.54, 1.807) is 0 Å². The van der Waals surface area contributed by atoms with Crippen LogP contribution in [-0.2, 0) is 13.5 Å². The Hall–Kier alpha value is -1.35. The first-order valence-electron chi connectivity index (χ1n) is 6.34. The van der Waals surface area contributed by atoms with Crippen LogP contribution >= 0.6 is 0 Å². The van der Waals surface area contributed by atoms with Crippen LogP contribution in [0.25, 0.3) is 10.9 Å². The Kier molecular flexibility index (Phi) is 2.63. The maximum Gasteiger partial charge on any atom is 0.0707 e. The quantitative estimate of drug-likeness (QED) is 0.859. The molecule has 3 nitrogen and oxygen atoms in total. The Morgan fingerprint density at radius 1 is 1.35 bits per heavy atom. The molecule has 1 N–H and O–H groups in total. The van der Waals surface area contributed by atoms with Crippen LogP contribution in [0, 0.1) is 5.92 Å². The summed E-state index contributed by atoms with van der Waals surface area (Å²) < 4.78 is 1.94. The summed E-state index contributed by atoms with van der Waals surface area (Å²) in [6.07, 6.45) is 4.01. The number of fused-ring (bicyclic) bond motifs is 1. The van der Waals surface area contributed by atoms with Gasteiger partial charge in [0.1, 0.15) is 0 Å². The van der Waals surface area contributed by atoms with Crippen LogP contribution in [0.4, 0.5) is 0 Å². The van der Waals surface area contributed by atoms with Gasteiger partial charge < -0.3 is 5.11 Å². The fourth-order valence-corrected chi connectivity index (χ4v) is 2.94. The molecule has 2 atom stereocenters. The molecule has 0 aliphatic heterocycles. The molecule has 3 heteroatoms.